The minimum atomic E-state index is 0. The van der Waals surface area contributed by atoms with E-state index in [9.17, 15) is 9.90 Å². The van der Waals surface area contributed by atoms with E-state index in [0.717, 1.165) is 55.4 Å². The number of carbonyl (C=O) groups excluding carboxylic acids is 1. The molecule has 1 N–H and O–H groups in total. The zero-order valence-corrected chi connectivity index (χ0v) is 24.7. The number of allylic oxidation sites excluding steroid dienone is 2. The molecule has 1 aromatic carbocycles. The van der Waals surface area contributed by atoms with Gasteiger partial charge in [0.05, 0.1) is 17.1 Å². The van der Waals surface area contributed by atoms with Gasteiger partial charge in [0.25, 0.3) is 0 Å². The Balaban J connectivity index is 0.000000260. The van der Waals surface area contributed by atoms with Crippen LogP contribution in [0.4, 0.5) is 0 Å². The summed E-state index contributed by atoms with van der Waals surface area (Å²) in [7, 11) is 0. The predicted molar refractivity (Wildman–Crippen MR) is 144 cm³/mol. The summed E-state index contributed by atoms with van der Waals surface area (Å²) in [5.41, 5.74) is 5.49. The summed E-state index contributed by atoms with van der Waals surface area (Å²) in [5.74, 6) is 1.71. The number of aromatic nitrogens is 1. The number of nitrogens with zero attached hydrogens (tertiary/aromatic N) is 1. The van der Waals surface area contributed by atoms with Crippen molar-refractivity contribution in [2.24, 2.45) is 11.8 Å². The molecule has 36 heavy (non-hydrogen) atoms. The van der Waals surface area contributed by atoms with Gasteiger partial charge in [-0.25, -0.2) is 0 Å². The van der Waals surface area contributed by atoms with Gasteiger partial charge < -0.3 is 14.5 Å². The standard InChI is InChI=1S/C18H16NO.C13H24O2.Ir/c1-12-9-10-19-16(11-12)15-7-4-6-14-13-5-2-3-8-17(13)20-18(14)15;1-5-10(6-2)12(14)9-13(15)11(7-3)8-4;/h4,6,9-11H,2-3,5,8H2,1H3;9-11,14H,5-8H2,1-4H3;/q-1;;/b;12-9-;. The van der Waals surface area contributed by atoms with Gasteiger partial charge in [0.15, 0.2) is 5.78 Å². The van der Waals surface area contributed by atoms with Crippen LogP contribution in [-0.2, 0) is 37.7 Å². The predicted octanol–water partition coefficient (Wildman–Crippen LogP) is 8.35. The Hall–Kier alpha value is -2.23. The van der Waals surface area contributed by atoms with Crippen molar-refractivity contribution >= 4 is 16.8 Å². The number of benzene rings is 1. The molecule has 0 amide bonds. The summed E-state index contributed by atoms with van der Waals surface area (Å²) in [6, 6.07) is 11.5. The zero-order valence-electron chi connectivity index (χ0n) is 22.3. The van der Waals surface area contributed by atoms with Gasteiger partial charge in [0, 0.05) is 50.6 Å². The molecule has 0 saturated carbocycles. The summed E-state index contributed by atoms with van der Waals surface area (Å²) < 4.78 is 6.14. The molecular weight excluding hydrogens is 627 g/mol. The van der Waals surface area contributed by atoms with Crippen molar-refractivity contribution < 1.29 is 34.4 Å². The van der Waals surface area contributed by atoms with E-state index in [1.165, 1.54) is 41.2 Å². The minimum absolute atomic E-state index is 0. The van der Waals surface area contributed by atoms with Crippen molar-refractivity contribution in [1.29, 1.82) is 0 Å². The summed E-state index contributed by atoms with van der Waals surface area (Å²) in [5, 5.41) is 11.0. The van der Waals surface area contributed by atoms with Crippen LogP contribution >= 0.6 is 0 Å². The van der Waals surface area contributed by atoms with E-state index in [-0.39, 0.29) is 43.5 Å². The second kappa shape index (κ2) is 14.5. The van der Waals surface area contributed by atoms with Crippen LogP contribution in [-0.4, -0.2) is 15.9 Å². The summed E-state index contributed by atoms with van der Waals surface area (Å²) >= 11 is 0. The van der Waals surface area contributed by atoms with Gasteiger partial charge >= 0.3 is 0 Å². The van der Waals surface area contributed by atoms with Gasteiger partial charge in [-0.05, 0) is 69.2 Å². The third-order valence-corrected chi connectivity index (χ3v) is 7.17. The van der Waals surface area contributed by atoms with E-state index < -0.39 is 0 Å². The Morgan fingerprint density at radius 3 is 2.39 bits per heavy atom. The van der Waals surface area contributed by atoms with Crippen LogP contribution in [0.2, 0.25) is 0 Å². The number of ketones is 1. The zero-order chi connectivity index (χ0) is 25.4. The molecule has 4 nitrogen and oxygen atoms in total. The Bertz CT molecular complexity index is 1160. The molecule has 2 heterocycles. The quantitative estimate of drug-likeness (QED) is 0.149. The van der Waals surface area contributed by atoms with Crippen molar-refractivity contribution in [1.82, 2.24) is 4.98 Å². The molecule has 0 aliphatic heterocycles. The molecule has 0 fully saturated rings. The van der Waals surface area contributed by atoms with E-state index in [0.29, 0.717) is 0 Å². The van der Waals surface area contributed by atoms with Gasteiger partial charge in [-0.15, -0.1) is 18.2 Å². The van der Waals surface area contributed by atoms with Crippen LogP contribution < -0.4 is 0 Å². The van der Waals surface area contributed by atoms with E-state index in [1.54, 1.807) is 0 Å². The first kappa shape index (κ1) is 30.0. The Kier molecular flexibility index (Phi) is 12.1. The van der Waals surface area contributed by atoms with Crippen molar-refractivity contribution in [2.45, 2.75) is 86.0 Å². The first-order valence-electron chi connectivity index (χ1n) is 13.3. The average Bonchev–Trinajstić information content (AvgIpc) is 3.25. The molecule has 0 unspecified atom stereocenters. The third-order valence-electron chi connectivity index (χ3n) is 7.17. The first-order valence-corrected chi connectivity index (χ1v) is 13.3. The topological polar surface area (TPSA) is 63.3 Å². The molecule has 0 spiro atoms. The average molecular weight is 667 g/mol. The maximum atomic E-state index is 11.7. The van der Waals surface area contributed by atoms with E-state index in [2.05, 4.69) is 30.1 Å². The Labute approximate surface area is 229 Å². The largest absolute Gasteiger partial charge is 0.512 e. The van der Waals surface area contributed by atoms with Crippen LogP contribution in [0.15, 0.2) is 46.7 Å². The van der Waals surface area contributed by atoms with Crippen LogP contribution in [0.1, 0.15) is 83.1 Å². The maximum absolute atomic E-state index is 11.7. The molecular formula is C31H40IrNO3-. The number of furan rings is 1. The second-order valence-electron chi connectivity index (χ2n) is 9.52. The van der Waals surface area contributed by atoms with Crippen LogP contribution in [0.25, 0.3) is 22.2 Å². The number of aliphatic hydroxyl groups excluding tert-OH is 1. The SMILES string of the molecule is CCC(CC)C(=O)/C=C(\O)C(CC)CC.Cc1ccnc(-c2[c-]ccc3c4c(oc23)CCCC4)c1.[Ir]. The van der Waals surface area contributed by atoms with Crippen molar-refractivity contribution in [3.05, 3.63) is 65.3 Å². The molecule has 1 aliphatic carbocycles. The van der Waals surface area contributed by atoms with Crippen LogP contribution in [0, 0.1) is 24.8 Å². The fourth-order valence-corrected chi connectivity index (χ4v) is 4.87. The number of rotatable bonds is 8. The normalized spacial score (nSPS) is 13.2. The van der Waals surface area contributed by atoms with E-state index >= 15 is 0 Å². The van der Waals surface area contributed by atoms with Crippen LogP contribution in [0.3, 0.4) is 0 Å². The smallest absolute Gasteiger partial charge is 0.162 e. The van der Waals surface area contributed by atoms with Gasteiger partial charge in [-0.2, -0.15) is 0 Å². The Morgan fingerprint density at radius 1 is 1.08 bits per heavy atom. The Morgan fingerprint density at radius 2 is 1.75 bits per heavy atom. The molecule has 1 aliphatic rings. The number of aliphatic hydroxyl groups is 1. The number of hydrogen-bond donors (Lipinski definition) is 1. The van der Waals surface area contributed by atoms with Crippen molar-refractivity contribution in [3.63, 3.8) is 0 Å². The first-order chi connectivity index (χ1) is 16.9. The molecule has 0 bridgehead atoms. The molecule has 3 aromatic rings. The molecule has 197 valence electrons. The van der Waals surface area contributed by atoms with E-state index in [4.69, 9.17) is 4.42 Å². The summed E-state index contributed by atoms with van der Waals surface area (Å²) in [6.07, 6.45) is 11.4. The monoisotopic (exact) mass is 667 g/mol. The van der Waals surface area contributed by atoms with Gasteiger partial charge in [-0.1, -0.05) is 50.3 Å². The molecule has 1 radical (unpaired) electrons. The molecule has 0 saturated heterocycles. The fourth-order valence-electron chi connectivity index (χ4n) is 4.87. The summed E-state index contributed by atoms with van der Waals surface area (Å²) in [6.45, 7) is 10.2. The molecule has 0 atom stereocenters. The molecule has 4 rings (SSSR count). The number of fused-ring (bicyclic) bond motifs is 3. The maximum Gasteiger partial charge on any atom is 0.162 e. The van der Waals surface area contributed by atoms with Gasteiger partial charge in [0.2, 0.25) is 0 Å². The fraction of sp³-hybridized carbons (Fsp3) is 0.484. The minimum Gasteiger partial charge on any atom is -0.512 e. The summed E-state index contributed by atoms with van der Waals surface area (Å²) in [4.78, 5) is 16.2. The van der Waals surface area contributed by atoms with Gasteiger partial charge in [-0.3, -0.25) is 4.79 Å². The number of carbonyl (C=O) groups is 1. The second-order valence-corrected chi connectivity index (χ2v) is 9.52. The van der Waals surface area contributed by atoms with Crippen LogP contribution in [0.5, 0.6) is 0 Å². The molecule has 2 aromatic heterocycles. The van der Waals surface area contributed by atoms with Crippen molar-refractivity contribution in [3.8, 4) is 11.3 Å². The van der Waals surface area contributed by atoms with E-state index in [1.807, 2.05) is 46.0 Å². The van der Waals surface area contributed by atoms with Gasteiger partial charge in [0.1, 0.15) is 0 Å². The molecule has 5 heteroatoms. The number of aryl methyl sites for hydroxylation is 3. The third kappa shape index (κ3) is 7.17. The number of hydrogen-bond acceptors (Lipinski definition) is 4. The number of pyridine rings is 1. The van der Waals surface area contributed by atoms with Crippen molar-refractivity contribution in [2.75, 3.05) is 0 Å².